The van der Waals surface area contributed by atoms with Crippen LogP contribution in [-0.2, 0) is 26.1 Å². The summed E-state index contributed by atoms with van der Waals surface area (Å²) in [6.07, 6.45) is 12.6. The Morgan fingerprint density at radius 3 is 2.73 bits per heavy atom. The maximum Gasteiger partial charge on any atom is 0.254 e. The molecule has 1 N–H and O–H groups in total. The van der Waals surface area contributed by atoms with E-state index in [4.69, 9.17) is 10.1 Å². The first-order valence-corrected chi connectivity index (χ1v) is 12.8. The second-order valence-corrected chi connectivity index (χ2v) is 9.81. The zero-order valence-electron chi connectivity index (χ0n) is 21.2. The van der Waals surface area contributed by atoms with Crippen molar-refractivity contribution in [2.45, 2.75) is 51.9 Å². The van der Waals surface area contributed by atoms with E-state index in [-0.39, 0.29) is 5.91 Å². The van der Waals surface area contributed by atoms with Gasteiger partial charge in [-0.1, -0.05) is 0 Å². The van der Waals surface area contributed by atoms with E-state index in [9.17, 15) is 4.79 Å². The Labute approximate surface area is 215 Å². The van der Waals surface area contributed by atoms with Crippen LogP contribution in [0.1, 0.15) is 53.0 Å². The molecule has 4 aromatic rings. The quantitative estimate of drug-likeness (QED) is 0.402. The molecule has 3 aromatic heterocycles. The predicted molar refractivity (Wildman–Crippen MR) is 138 cm³/mol. The number of carbonyl (C=O) groups excluding carboxylic acids is 1. The fraction of sp³-hybridized carbons (Fsp3) is 0.357. The molecular formula is C28H31N7O2. The average molecular weight is 498 g/mol. The summed E-state index contributed by atoms with van der Waals surface area (Å²) in [6, 6.07) is 8.32. The van der Waals surface area contributed by atoms with Gasteiger partial charge in [0.2, 0.25) is 5.62 Å². The molecule has 6 rings (SSSR count). The highest BCUT2D eigenvalue weighted by molar-refractivity contribution is 5.99. The van der Waals surface area contributed by atoms with Crippen LogP contribution in [0, 0.1) is 5.41 Å². The Balaban J connectivity index is 1.37. The first-order valence-electron chi connectivity index (χ1n) is 12.8. The summed E-state index contributed by atoms with van der Waals surface area (Å²) >= 11 is 0. The molecule has 9 heteroatoms. The Bertz CT molecular complexity index is 1530. The summed E-state index contributed by atoms with van der Waals surface area (Å²) in [6.45, 7) is 4.43. The standard InChI is InChI=1S/C28H31N7O2/c1-3-34-17-20(15-31-34)25-12-19(16-33-10-11-35(28(33)29)22-4-5-22)13-26-24(25)7-9-32(27(26)36)18-21-14-23(37-2)6-8-30-21/h6,8,10-15,17,22,29H,3-5,7,9,16,18H2,1-2H3. The molecule has 1 aliphatic carbocycles. The van der Waals surface area contributed by atoms with Crippen LogP contribution in [0.15, 0.2) is 55.2 Å². The lowest BCUT2D eigenvalue weighted by atomic mass is 9.89. The van der Waals surface area contributed by atoms with Gasteiger partial charge in [0.25, 0.3) is 5.91 Å². The first kappa shape index (κ1) is 23.3. The van der Waals surface area contributed by atoms with Gasteiger partial charge in [0.15, 0.2) is 0 Å². The monoisotopic (exact) mass is 497 g/mol. The number of aromatic nitrogens is 5. The molecule has 0 bridgehead atoms. The summed E-state index contributed by atoms with van der Waals surface area (Å²) in [5.41, 5.74) is 6.14. The number of fused-ring (bicyclic) bond motifs is 1. The SMILES string of the molecule is CCn1cc(-c2cc(Cn3ccn(C4CC4)c3=N)cc3c2CCN(Cc2cc(OC)ccn2)C3=O)cn1. The summed E-state index contributed by atoms with van der Waals surface area (Å²) in [5.74, 6) is 0.734. The molecule has 1 aromatic carbocycles. The Morgan fingerprint density at radius 2 is 1.97 bits per heavy atom. The Kier molecular flexibility index (Phi) is 5.90. The van der Waals surface area contributed by atoms with E-state index < -0.39 is 0 Å². The summed E-state index contributed by atoms with van der Waals surface area (Å²) < 4.78 is 11.2. The fourth-order valence-electron chi connectivity index (χ4n) is 5.16. The van der Waals surface area contributed by atoms with Gasteiger partial charge in [0, 0.05) is 61.1 Å². The average Bonchev–Trinajstić information content (AvgIpc) is 3.53. The van der Waals surface area contributed by atoms with Crippen molar-refractivity contribution in [3.8, 4) is 16.9 Å². The van der Waals surface area contributed by atoms with Crippen molar-refractivity contribution in [1.29, 1.82) is 5.41 Å². The number of hydrogen-bond acceptors (Lipinski definition) is 5. The van der Waals surface area contributed by atoms with Gasteiger partial charge in [-0.3, -0.25) is 19.9 Å². The number of benzene rings is 1. The summed E-state index contributed by atoms with van der Waals surface area (Å²) in [7, 11) is 1.63. The lowest BCUT2D eigenvalue weighted by molar-refractivity contribution is 0.0725. The number of hydrogen-bond donors (Lipinski definition) is 1. The van der Waals surface area contributed by atoms with Crippen LogP contribution < -0.4 is 10.4 Å². The molecule has 190 valence electrons. The molecule has 0 unspecified atom stereocenters. The fourth-order valence-corrected chi connectivity index (χ4v) is 5.16. The number of nitrogens with one attached hydrogen (secondary N) is 1. The van der Waals surface area contributed by atoms with Crippen LogP contribution in [0.2, 0.25) is 0 Å². The third-order valence-corrected chi connectivity index (χ3v) is 7.32. The second-order valence-electron chi connectivity index (χ2n) is 9.81. The van der Waals surface area contributed by atoms with E-state index in [0.29, 0.717) is 31.3 Å². The number of imidazole rings is 1. The normalized spacial score (nSPS) is 15.2. The molecule has 0 radical (unpaired) electrons. The smallest absolute Gasteiger partial charge is 0.254 e. The lowest BCUT2D eigenvalue weighted by Gasteiger charge is -2.30. The van der Waals surface area contributed by atoms with Crippen molar-refractivity contribution < 1.29 is 9.53 Å². The molecule has 37 heavy (non-hydrogen) atoms. The summed E-state index contributed by atoms with van der Waals surface area (Å²) in [5, 5.41) is 13.1. The van der Waals surface area contributed by atoms with Crippen LogP contribution in [-0.4, -0.2) is 48.4 Å². The van der Waals surface area contributed by atoms with Crippen LogP contribution in [0.4, 0.5) is 0 Å². The maximum atomic E-state index is 13.8. The van der Waals surface area contributed by atoms with Crippen molar-refractivity contribution in [3.05, 3.63) is 83.3 Å². The number of pyridine rings is 1. The molecule has 1 aliphatic heterocycles. The molecule has 1 amide bonds. The van der Waals surface area contributed by atoms with Crippen LogP contribution in [0.25, 0.3) is 11.1 Å². The van der Waals surface area contributed by atoms with Crippen molar-refractivity contribution in [3.63, 3.8) is 0 Å². The van der Waals surface area contributed by atoms with Crippen LogP contribution in [0.3, 0.4) is 0 Å². The van der Waals surface area contributed by atoms with Gasteiger partial charge in [-0.15, -0.1) is 0 Å². The zero-order valence-corrected chi connectivity index (χ0v) is 21.2. The van der Waals surface area contributed by atoms with Crippen molar-refractivity contribution in [2.24, 2.45) is 0 Å². The molecule has 9 nitrogen and oxygen atoms in total. The van der Waals surface area contributed by atoms with E-state index in [0.717, 1.165) is 65.1 Å². The number of nitrogens with zero attached hydrogens (tertiary/aromatic N) is 6. The van der Waals surface area contributed by atoms with Gasteiger partial charge >= 0.3 is 0 Å². The minimum absolute atomic E-state index is 0.00324. The molecular weight excluding hydrogens is 466 g/mol. The van der Waals surface area contributed by atoms with E-state index in [1.807, 2.05) is 55.6 Å². The van der Waals surface area contributed by atoms with Gasteiger partial charge in [0.05, 0.1) is 32.1 Å². The topological polar surface area (TPSA) is 94.0 Å². The minimum Gasteiger partial charge on any atom is -0.497 e. The molecule has 1 saturated carbocycles. The highest BCUT2D eigenvalue weighted by Gasteiger charge is 2.29. The van der Waals surface area contributed by atoms with Crippen molar-refractivity contribution >= 4 is 5.91 Å². The Morgan fingerprint density at radius 1 is 1.14 bits per heavy atom. The summed E-state index contributed by atoms with van der Waals surface area (Å²) in [4.78, 5) is 20.1. The number of aryl methyl sites for hydroxylation is 1. The molecule has 0 atom stereocenters. The van der Waals surface area contributed by atoms with Gasteiger partial charge in [-0.25, -0.2) is 0 Å². The lowest BCUT2D eigenvalue weighted by Crippen LogP contribution is -2.37. The first-order chi connectivity index (χ1) is 18.0. The number of methoxy groups -OCH3 is 1. The molecule has 0 spiro atoms. The van der Waals surface area contributed by atoms with Crippen LogP contribution in [0.5, 0.6) is 5.75 Å². The van der Waals surface area contributed by atoms with Gasteiger partial charge < -0.3 is 18.8 Å². The van der Waals surface area contributed by atoms with E-state index in [1.54, 1.807) is 19.4 Å². The van der Waals surface area contributed by atoms with Crippen molar-refractivity contribution in [1.82, 2.24) is 28.8 Å². The number of ether oxygens (including phenoxy) is 1. The van der Waals surface area contributed by atoms with E-state index in [2.05, 4.69) is 23.1 Å². The third-order valence-electron chi connectivity index (χ3n) is 7.32. The highest BCUT2D eigenvalue weighted by atomic mass is 16.5. The number of rotatable bonds is 8. The van der Waals surface area contributed by atoms with Crippen LogP contribution >= 0.6 is 0 Å². The number of carbonyl (C=O) groups is 1. The van der Waals surface area contributed by atoms with Gasteiger partial charge in [-0.2, -0.15) is 5.10 Å². The van der Waals surface area contributed by atoms with Gasteiger partial charge in [-0.05, 0) is 61.1 Å². The minimum atomic E-state index is 0.00324. The molecule has 4 heterocycles. The predicted octanol–water partition coefficient (Wildman–Crippen LogP) is 3.64. The largest absolute Gasteiger partial charge is 0.497 e. The third kappa shape index (κ3) is 4.45. The van der Waals surface area contributed by atoms with E-state index >= 15 is 0 Å². The van der Waals surface area contributed by atoms with E-state index in [1.165, 1.54) is 0 Å². The highest BCUT2D eigenvalue weighted by Crippen LogP contribution is 2.34. The maximum absolute atomic E-state index is 13.8. The number of amides is 1. The molecule has 1 fully saturated rings. The van der Waals surface area contributed by atoms with Gasteiger partial charge in [0.1, 0.15) is 5.75 Å². The second kappa shape index (κ2) is 9.38. The molecule has 2 aliphatic rings. The molecule has 0 saturated heterocycles. The Hall–Kier alpha value is -4.14. The van der Waals surface area contributed by atoms with Crippen molar-refractivity contribution in [2.75, 3.05) is 13.7 Å². The zero-order chi connectivity index (χ0) is 25.5.